The molecule has 2 unspecified atom stereocenters. The van der Waals surface area contributed by atoms with Crippen molar-refractivity contribution in [1.82, 2.24) is 5.32 Å². The minimum atomic E-state index is 0.787. The summed E-state index contributed by atoms with van der Waals surface area (Å²) in [4.78, 5) is 0. The van der Waals surface area contributed by atoms with E-state index in [4.69, 9.17) is 0 Å². The standard InChI is InChI=1S/C8H11N.C6H10.C2H6/c1-2-4-8-6-9-5-7(8)3-1;1-3-5-6-4-2;1-2/h1-4,7-9H,5-6H2;3,5H2,1-2H3;1-2H3. The van der Waals surface area contributed by atoms with Crippen LogP contribution in [-0.4, -0.2) is 13.1 Å². The highest BCUT2D eigenvalue weighted by Gasteiger charge is 2.22. The fourth-order valence-electron chi connectivity index (χ4n) is 1.80. The van der Waals surface area contributed by atoms with E-state index in [0.29, 0.717) is 0 Å². The number of rotatable bonds is 1. The molecule has 1 N–H and O–H groups in total. The molecular weight excluding hydrogens is 206 g/mol. The van der Waals surface area contributed by atoms with Gasteiger partial charge in [-0.25, -0.2) is 0 Å². The second-order valence-electron chi connectivity index (χ2n) is 3.93. The maximum atomic E-state index is 3.36. The molecule has 17 heavy (non-hydrogen) atoms. The number of nitrogens with one attached hydrogen (secondary N) is 1. The summed E-state index contributed by atoms with van der Waals surface area (Å²) < 4.78 is 0. The van der Waals surface area contributed by atoms with Gasteiger partial charge in [-0.1, -0.05) is 45.1 Å². The van der Waals surface area contributed by atoms with Crippen LogP contribution in [0.4, 0.5) is 0 Å². The lowest BCUT2D eigenvalue weighted by Gasteiger charge is -2.11. The molecule has 2 rings (SSSR count). The minimum Gasteiger partial charge on any atom is -0.316 e. The van der Waals surface area contributed by atoms with E-state index in [1.54, 1.807) is 0 Å². The Morgan fingerprint density at radius 3 is 2.00 bits per heavy atom. The number of fused-ring (bicyclic) bond motifs is 1. The van der Waals surface area contributed by atoms with Gasteiger partial charge in [0, 0.05) is 19.5 Å². The van der Waals surface area contributed by atoms with Crippen LogP contribution in [0.2, 0.25) is 0 Å². The van der Waals surface area contributed by atoms with Crippen LogP contribution in [0.5, 0.6) is 0 Å². The summed E-state index contributed by atoms with van der Waals surface area (Å²) in [5.74, 6) is 7.34. The van der Waals surface area contributed by atoms with Crippen LogP contribution in [0.15, 0.2) is 24.3 Å². The zero-order chi connectivity index (χ0) is 12.9. The van der Waals surface area contributed by atoms with Gasteiger partial charge >= 0.3 is 0 Å². The van der Waals surface area contributed by atoms with E-state index in [-0.39, 0.29) is 0 Å². The van der Waals surface area contributed by atoms with Crippen LogP contribution in [0.3, 0.4) is 0 Å². The predicted octanol–water partition coefficient (Wildman–Crippen LogP) is 3.78. The lowest BCUT2D eigenvalue weighted by atomic mass is 9.92. The third-order valence-electron chi connectivity index (χ3n) is 2.69. The van der Waals surface area contributed by atoms with Crippen LogP contribution in [0.1, 0.15) is 40.5 Å². The minimum absolute atomic E-state index is 0.787. The molecule has 2 aliphatic rings. The molecule has 1 heteroatoms. The van der Waals surface area contributed by atoms with Gasteiger partial charge in [-0.05, 0) is 25.2 Å². The van der Waals surface area contributed by atoms with Crippen molar-refractivity contribution in [2.24, 2.45) is 11.8 Å². The molecule has 1 aliphatic carbocycles. The number of hydrogen-bond acceptors (Lipinski definition) is 1. The van der Waals surface area contributed by atoms with Crippen molar-refractivity contribution < 1.29 is 0 Å². The normalized spacial score (nSPS) is 23.3. The molecule has 0 aromatic carbocycles. The first kappa shape index (κ1) is 16.0. The van der Waals surface area contributed by atoms with E-state index in [0.717, 1.165) is 18.3 Å². The second-order valence-corrected chi connectivity index (χ2v) is 3.93. The smallest absolute Gasteiger partial charge is 0.00859 e. The molecule has 0 aromatic heterocycles. The van der Waals surface area contributed by atoms with Crippen LogP contribution < -0.4 is 5.32 Å². The Balaban J connectivity index is 0.000000283. The van der Waals surface area contributed by atoms with E-state index in [1.807, 2.05) is 20.8 Å². The summed E-state index contributed by atoms with van der Waals surface area (Å²) in [6.45, 7) is 10.3. The van der Waals surface area contributed by atoms with Crippen molar-refractivity contribution in [2.75, 3.05) is 13.1 Å². The highest BCUT2D eigenvalue weighted by Crippen LogP contribution is 2.22. The highest BCUT2D eigenvalue weighted by molar-refractivity contribution is 5.16. The predicted molar refractivity (Wildman–Crippen MR) is 77.8 cm³/mol. The third kappa shape index (κ3) is 7.02. The lowest BCUT2D eigenvalue weighted by molar-refractivity contribution is 0.595. The zero-order valence-corrected chi connectivity index (χ0v) is 11.8. The Morgan fingerprint density at radius 1 is 1.12 bits per heavy atom. The second kappa shape index (κ2) is 11.5. The fourth-order valence-corrected chi connectivity index (χ4v) is 1.80. The first-order valence-corrected chi connectivity index (χ1v) is 6.83. The van der Waals surface area contributed by atoms with Gasteiger partial charge < -0.3 is 5.32 Å². The molecule has 0 amide bonds. The Hall–Kier alpha value is -1.00. The van der Waals surface area contributed by atoms with Gasteiger partial charge in [0.05, 0.1) is 0 Å². The molecule has 1 aliphatic heterocycles. The Kier molecular flexibility index (Phi) is 10.8. The van der Waals surface area contributed by atoms with Crippen LogP contribution in [0.25, 0.3) is 0 Å². The van der Waals surface area contributed by atoms with Crippen LogP contribution in [0, 0.1) is 23.7 Å². The summed E-state index contributed by atoms with van der Waals surface area (Å²) in [7, 11) is 0. The van der Waals surface area contributed by atoms with E-state index in [9.17, 15) is 0 Å². The molecule has 1 heterocycles. The summed E-state index contributed by atoms with van der Waals surface area (Å²) in [5.41, 5.74) is 0. The summed E-state index contributed by atoms with van der Waals surface area (Å²) in [5, 5.41) is 3.36. The first-order valence-electron chi connectivity index (χ1n) is 6.83. The van der Waals surface area contributed by atoms with E-state index >= 15 is 0 Å². The molecule has 0 saturated carbocycles. The molecule has 1 fully saturated rings. The zero-order valence-electron chi connectivity index (χ0n) is 11.8. The molecule has 96 valence electrons. The molecule has 1 saturated heterocycles. The van der Waals surface area contributed by atoms with E-state index < -0.39 is 0 Å². The summed E-state index contributed by atoms with van der Waals surface area (Å²) >= 11 is 0. The quantitative estimate of drug-likeness (QED) is 0.680. The van der Waals surface area contributed by atoms with Gasteiger partial charge in [-0.3, -0.25) is 0 Å². The fraction of sp³-hybridized carbons (Fsp3) is 0.625. The largest absolute Gasteiger partial charge is 0.316 e. The molecule has 0 spiro atoms. The molecule has 0 aromatic rings. The maximum absolute atomic E-state index is 3.36. The highest BCUT2D eigenvalue weighted by atomic mass is 14.9. The summed E-state index contributed by atoms with van der Waals surface area (Å²) in [6, 6.07) is 0. The van der Waals surface area contributed by atoms with Crippen molar-refractivity contribution in [3.05, 3.63) is 24.3 Å². The molecule has 1 nitrogen and oxygen atoms in total. The number of hydrogen-bond donors (Lipinski definition) is 1. The number of unbranched alkanes of at least 4 members (excludes halogenated alkanes) is 1. The Morgan fingerprint density at radius 2 is 1.65 bits per heavy atom. The molecular formula is C16H27N. The van der Waals surface area contributed by atoms with Gasteiger partial charge in [0.2, 0.25) is 0 Å². The van der Waals surface area contributed by atoms with Gasteiger partial charge in [-0.2, -0.15) is 0 Å². The van der Waals surface area contributed by atoms with Crippen molar-refractivity contribution in [3.8, 4) is 11.8 Å². The van der Waals surface area contributed by atoms with Crippen molar-refractivity contribution in [3.63, 3.8) is 0 Å². The van der Waals surface area contributed by atoms with Gasteiger partial charge in [0.15, 0.2) is 0 Å². The SMILES string of the molecule is C1=CC2CNCC2C=C1.CC.CC#CCCC. The van der Waals surface area contributed by atoms with Crippen molar-refractivity contribution >= 4 is 0 Å². The third-order valence-corrected chi connectivity index (χ3v) is 2.69. The van der Waals surface area contributed by atoms with Crippen LogP contribution >= 0.6 is 0 Å². The average molecular weight is 233 g/mol. The summed E-state index contributed by atoms with van der Waals surface area (Å²) in [6.07, 6.45) is 11.1. The molecule has 0 radical (unpaired) electrons. The first-order chi connectivity index (χ1) is 8.38. The van der Waals surface area contributed by atoms with E-state index in [2.05, 4.69) is 48.4 Å². The number of allylic oxidation sites excluding steroid dienone is 2. The van der Waals surface area contributed by atoms with Gasteiger partial charge in [0.1, 0.15) is 0 Å². The Labute approximate surface area is 107 Å². The topological polar surface area (TPSA) is 12.0 Å². The molecule has 2 atom stereocenters. The average Bonchev–Trinajstić information content (AvgIpc) is 2.88. The lowest BCUT2D eigenvalue weighted by Crippen LogP contribution is -2.08. The van der Waals surface area contributed by atoms with Crippen molar-refractivity contribution in [1.29, 1.82) is 0 Å². The van der Waals surface area contributed by atoms with Crippen LogP contribution in [-0.2, 0) is 0 Å². The van der Waals surface area contributed by atoms with E-state index in [1.165, 1.54) is 19.5 Å². The Bertz CT molecular complexity index is 260. The van der Waals surface area contributed by atoms with Gasteiger partial charge in [-0.15, -0.1) is 11.8 Å². The maximum Gasteiger partial charge on any atom is 0.00859 e. The van der Waals surface area contributed by atoms with Gasteiger partial charge in [0.25, 0.3) is 0 Å². The van der Waals surface area contributed by atoms with Crippen molar-refractivity contribution in [2.45, 2.75) is 40.5 Å². The monoisotopic (exact) mass is 233 g/mol. The molecule has 0 bridgehead atoms.